The predicted molar refractivity (Wildman–Crippen MR) is 82.5 cm³/mol. The SMILES string of the molecule is O=C1Cc2ccc3ccccc3c2OC1c1ccccc1. The van der Waals surface area contributed by atoms with Gasteiger partial charge in [-0.2, -0.15) is 0 Å². The van der Waals surface area contributed by atoms with Crippen molar-refractivity contribution in [3.05, 3.63) is 77.9 Å². The molecule has 1 unspecified atom stereocenters. The number of carbonyl (C=O) groups is 1. The summed E-state index contributed by atoms with van der Waals surface area (Å²) in [4.78, 5) is 12.4. The summed E-state index contributed by atoms with van der Waals surface area (Å²) in [6.45, 7) is 0. The Morgan fingerprint density at radius 2 is 1.62 bits per heavy atom. The van der Waals surface area contributed by atoms with E-state index >= 15 is 0 Å². The van der Waals surface area contributed by atoms with Crippen LogP contribution in [0.4, 0.5) is 0 Å². The Bertz CT molecular complexity index is 821. The van der Waals surface area contributed by atoms with Crippen molar-refractivity contribution in [1.82, 2.24) is 0 Å². The van der Waals surface area contributed by atoms with Crippen molar-refractivity contribution in [1.29, 1.82) is 0 Å². The maximum Gasteiger partial charge on any atom is 0.182 e. The smallest absolute Gasteiger partial charge is 0.182 e. The average Bonchev–Trinajstić information content (AvgIpc) is 2.55. The van der Waals surface area contributed by atoms with Crippen molar-refractivity contribution < 1.29 is 9.53 Å². The summed E-state index contributed by atoms with van der Waals surface area (Å²) in [5.74, 6) is 0.963. The number of hydrogen-bond acceptors (Lipinski definition) is 2. The normalized spacial score (nSPS) is 17.3. The Kier molecular flexibility index (Phi) is 2.74. The molecule has 0 bridgehead atoms. The van der Waals surface area contributed by atoms with Crippen LogP contribution in [0.3, 0.4) is 0 Å². The fourth-order valence-corrected chi connectivity index (χ4v) is 2.91. The Labute approximate surface area is 123 Å². The van der Waals surface area contributed by atoms with Crippen LogP contribution in [0, 0.1) is 0 Å². The van der Waals surface area contributed by atoms with E-state index < -0.39 is 6.10 Å². The van der Waals surface area contributed by atoms with Gasteiger partial charge in [0.25, 0.3) is 0 Å². The van der Waals surface area contributed by atoms with Crippen LogP contribution in [-0.2, 0) is 11.2 Å². The highest BCUT2D eigenvalue weighted by molar-refractivity contribution is 5.95. The second kappa shape index (κ2) is 4.74. The third kappa shape index (κ3) is 2.00. The number of ketones is 1. The summed E-state index contributed by atoms with van der Waals surface area (Å²) in [5.41, 5.74) is 1.90. The lowest BCUT2D eigenvalue weighted by Gasteiger charge is -2.26. The van der Waals surface area contributed by atoms with Crippen LogP contribution < -0.4 is 4.74 Å². The van der Waals surface area contributed by atoms with Gasteiger partial charge in [-0.15, -0.1) is 0 Å². The molecule has 0 spiro atoms. The van der Waals surface area contributed by atoms with Gasteiger partial charge in [0.15, 0.2) is 11.9 Å². The molecule has 3 aromatic carbocycles. The standard InChI is InChI=1S/C19H14O2/c20-17-12-15-11-10-13-6-4-5-9-16(13)18(15)21-19(17)14-7-2-1-3-8-14/h1-11,19H,12H2. The van der Waals surface area contributed by atoms with Crippen molar-refractivity contribution in [3.8, 4) is 5.75 Å². The molecule has 0 aromatic heterocycles. The van der Waals surface area contributed by atoms with Gasteiger partial charge in [0.05, 0.1) is 0 Å². The monoisotopic (exact) mass is 274 g/mol. The Hall–Kier alpha value is -2.61. The zero-order valence-corrected chi connectivity index (χ0v) is 11.5. The molecule has 1 heterocycles. The van der Waals surface area contributed by atoms with Gasteiger partial charge in [-0.1, -0.05) is 66.7 Å². The Morgan fingerprint density at radius 3 is 2.48 bits per heavy atom. The van der Waals surface area contributed by atoms with E-state index in [0.29, 0.717) is 6.42 Å². The highest BCUT2D eigenvalue weighted by Crippen LogP contribution is 2.38. The quantitative estimate of drug-likeness (QED) is 0.668. The summed E-state index contributed by atoms with van der Waals surface area (Å²) in [6, 6.07) is 21.9. The molecule has 1 aliphatic rings. The first-order valence-corrected chi connectivity index (χ1v) is 7.08. The first-order chi connectivity index (χ1) is 10.3. The molecule has 2 heteroatoms. The maximum atomic E-state index is 12.4. The number of ether oxygens (including phenoxy) is 1. The minimum absolute atomic E-state index is 0.115. The molecule has 0 saturated heterocycles. The number of hydrogen-bond donors (Lipinski definition) is 0. The second-order valence-corrected chi connectivity index (χ2v) is 5.33. The number of Topliss-reactive ketones (excluding diaryl/α,β-unsaturated/α-hetero) is 1. The lowest BCUT2D eigenvalue weighted by atomic mass is 9.94. The van der Waals surface area contributed by atoms with Gasteiger partial charge in [-0.05, 0) is 10.9 Å². The van der Waals surface area contributed by atoms with Crippen molar-refractivity contribution in [2.45, 2.75) is 12.5 Å². The Balaban J connectivity index is 1.85. The minimum Gasteiger partial charge on any atom is -0.477 e. The van der Waals surface area contributed by atoms with Gasteiger partial charge < -0.3 is 4.74 Å². The molecule has 0 aliphatic carbocycles. The fourth-order valence-electron chi connectivity index (χ4n) is 2.91. The predicted octanol–water partition coefficient (Wildman–Crippen LogP) is 4.09. The zero-order chi connectivity index (χ0) is 14.2. The van der Waals surface area contributed by atoms with E-state index in [2.05, 4.69) is 6.07 Å². The lowest BCUT2D eigenvalue weighted by Crippen LogP contribution is -2.25. The maximum absolute atomic E-state index is 12.4. The third-order valence-electron chi connectivity index (χ3n) is 3.96. The molecule has 1 atom stereocenters. The summed E-state index contributed by atoms with van der Waals surface area (Å²) >= 11 is 0. The van der Waals surface area contributed by atoms with Crippen LogP contribution in [0.25, 0.3) is 10.8 Å². The van der Waals surface area contributed by atoms with E-state index in [9.17, 15) is 4.79 Å². The first-order valence-electron chi connectivity index (χ1n) is 7.08. The molecular formula is C19H14O2. The number of fused-ring (bicyclic) bond motifs is 3. The molecule has 0 N–H and O–H groups in total. The molecule has 2 nitrogen and oxygen atoms in total. The van der Waals surface area contributed by atoms with E-state index in [1.54, 1.807) is 0 Å². The average molecular weight is 274 g/mol. The molecule has 4 rings (SSSR count). The molecule has 0 saturated carbocycles. The van der Waals surface area contributed by atoms with Gasteiger partial charge in [0.1, 0.15) is 5.75 Å². The molecule has 1 aliphatic heterocycles. The number of carbonyl (C=O) groups excluding carboxylic acids is 1. The van der Waals surface area contributed by atoms with Crippen LogP contribution in [0.5, 0.6) is 5.75 Å². The van der Waals surface area contributed by atoms with E-state index in [-0.39, 0.29) is 5.78 Å². The topological polar surface area (TPSA) is 26.3 Å². The van der Waals surface area contributed by atoms with E-state index in [4.69, 9.17) is 4.74 Å². The molecule has 0 fully saturated rings. The van der Waals surface area contributed by atoms with E-state index in [1.807, 2.05) is 60.7 Å². The molecular weight excluding hydrogens is 260 g/mol. The molecule has 0 amide bonds. The first kappa shape index (κ1) is 12.2. The number of benzene rings is 3. The molecule has 21 heavy (non-hydrogen) atoms. The summed E-state index contributed by atoms with van der Waals surface area (Å²) in [5, 5.41) is 2.21. The van der Waals surface area contributed by atoms with Crippen LogP contribution in [-0.4, -0.2) is 5.78 Å². The largest absolute Gasteiger partial charge is 0.477 e. The third-order valence-corrected chi connectivity index (χ3v) is 3.96. The minimum atomic E-state index is -0.496. The van der Waals surface area contributed by atoms with Crippen molar-refractivity contribution in [2.75, 3.05) is 0 Å². The van der Waals surface area contributed by atoms with Gasteiger partial charge in [0, 0.05) is 17.4 Å². The lowest BCUT2D eigenvalue weighted by molar-refractivity contribution is -0.126. The fraction of sp³-hybridized carbons (Fsp3) is 0.105. The zero-order valence-electron chi connectivity index (χ0n) is 11.5. The number of rotatable bonds is 1. The van der Waals surface area contributed by atoms with Crippen molar-refractivity contribution in [3.63, 3.8) is 0 Å². The van der Waals surface area contributed by atoms with Gasteiger partial charge in [-0.25, -0.2) is 0 Å². The summed E-state index contributed by atoms with van der Waals surface area (Å²) in [7, 11) is 0. The van der Waals surface area contributed by atoms with Gasteiger partial charge in [-0.3, -0.25) is 4.79 Å². The Morgan fingerprint density at radius 1 is 0.857 bits per heavy atom. The van der Waals surface area contributed by atoms with Gasteiger partial charge in [0.2, 0.25) is 0 Å². The molecule has 3 aromatic rings. The highest BCUT2D eigenvalue weighted by atomic mass is 16.5. The van der Waals surface area contributed by atoms with Crippen LogP contribution in [0.15, 0.2) is 66.7 Å². The van der Waals surface area contributed by atoms with Crippen molar-refractivity contribution >= 4 is 16.6 Å². The van der Waals surface area contributed by atoms with Crippen molar-refractivity contribution in [2.24, 2.45) is 0 Å². The van der Waals surface area contributed by atoms with Crippen LogP contribution in [0.2, 0.25) is 0 Å². The summed E-state index contributed by atoms with van der Waals surface area (Å²) in [6.07, 6.45) is -0.0655. The highest BCUT2D eigenvalue weighted by Gasteiger charge is 2.30. The van der Waals surface area contributed by atoms with E-state index in [1.165, 1.54) is 0 Å². The second-order valence-electron chi connectivity index (χ2n) is 5.33. The van der Waals surface area contributed by atoms with Crippen LogP contribution in [0.1, 0.15) is 17.2 Å². The van der Waals surface area contributed by atoms with Crippen LogP contribution >= 0.6 is 0 Å². The summed E-state index contributed by atoms with van der Waals surface area (Å²) < 4.78 is 6.09. The molecule has 102 valence electrons. The van der Waals surface area contributed by atoms with Gasteiger partial charge >= 0.3 is 0 Å². The van der Waals surface area contributed by atoms with E-state index in [0.717, 1.165) is 27.6 Å². The molecule has 0 radical (unpaired) electrons.